The maximum absolute atomic E-state index is 12.7. The predicted octanol–water partition coefficient (Wildman–Crippen LogP) is 1.93. The van der Waals surface area contributed by atoms with Gasteiger partial charge < -0.3 is 14.4 Å². The van der Waals surface area contributed by atoms with E-state index in [-0.39, 0.29) is 36.8 Å². The van der Waals surface area contributed by atoms with Gasteiger partial charge in [0.15, 0.2) is 0 Å². The molecule has 2 aromatic rings. The molecule has 1 fully saturated rings. The number of amides is 3. The zero-order chi connectivity index (χ0) is 21.8. The van der Waals surface area contributed by atoms with Crippen molar-refractivity contribution in [1.29, 1.82) is 0 Å². The Morgan fingerprint density at radius 2 is 1.77 bits per heavy atom. The fourth-order valence-corrected chi connectivity index (χ4v) is 3.94. The van der Waals surface area contributed by atoms with Crippen molar-refractivity contribution in [3.63, 3.8) is 0 Å². The number of benzene rings is 1. The van der Waals surface area contributed by atoms with E-state index in [2.05, 4.69) is 9.97 Å². The van der Waals surface area contributed by atoms with Crippen molar-refractivity contribution in [2.75, 3.05) is 26.7 Å². The van der Waals surface area contributed by atoms with E-state index in [0.29, 0.717) is 42.4 Å². The predicted molar refractivity (Wildman–Crippen MR) is 110 cm³/mol. The van der Waals surface area contributed by atoms with Crippen LogP contribution < -0.4 is 9.47 Å². The lowest BCUT2D eigenvalue weighted by Crippen LogP contribution is -2.44. The van der Waals surface area contributed by atoms with Gasteiger partial charge in [0.2, 0.25) is 5.91 Å². The summed E-state index contributed by atoms with van der Waals surface area (Å²) in [6.07, 6.45) is 5.16. The Hall–Kier alpha value is -3.49. The molecule has 0 N–H and O–H groups in total. The van der Waals surface area contributed by atoms with Crippen molar-refractivity contribution in [2.45, 2.75) is 31.8 Å². The number of aromatic nitrogens is 2. The number of rotatable bonds is 7. The van der Waals surface area contributed by atoms with Crippen LogP contribution in [0.25, 0.3) is 0 Å². The maximum Gasteiger partial charge on any atom is 0.278 e. The zero-order valence-corrected chi connectivity index (χ0v) is 17.3. The first kappa shape index (κ1) is 20.8. The number of imide groups is 1. The molecule has 31 heavy (non-hydrogen) atoms. The molecule has 0 bridgehead atoms. The molecule has 4 rings (SSSR count). The largest absolute Gasteiger partial charge is 0.477 e. The van der Waals surface area contributed by atoms with E-state index in [9.17, 15) is 14.4 Å². The molecular formula is C22H24N4O5. The van der Waals surface area contributed by atoms with Gasteiger partial charge in [-0.05, 0) is 31.4 Å². The number of nitrogens with zero attached hydrogens (tertiary/aromatic N) is 4. The average Bonchev–Trinajstić information content (AvgIpc) is 3.04. The van der Waals surface area contributed by atoms with Gasteiger partial charge in [0, 0.05) is 31.9 Å². The molecule has 0 saturated carbocycles. The summed E-state index contributed by atoms with van der Waals surface area (Å²) in [5, 5.41) is 0. The first-order valence-corrected chi connectivity index (χ1v) is 10.3. The van der Waals surface area contributed by atoms with Crippen LogP contribution in [0.2, 0.25) is 0 Å². The Morgan fingerprint density at radius 3 is 2.45 bits per heavy atom. The lowest BCUT2D eigenvalue weighted by molar-refractivity contribution is -0.134. The zero-order valence-electron chi connectivity index (χ0n) is 17.3. The summed E-state index contributed by atoms with van der Waals surface area (Å²) in [4.78, 5) is 48.8. The standard InChI is InChI=1S/C22H24N4O5/c1-30-19-20(24-11-10-23-19)31-15-6-4-12-25(14-15)18(27)9-5-13-26-21(28)16-7-2-3-8-17(16)22(26)29/h2-3,7-8,10-11,15H,4-6,9,12-14H2,1H3. The summed E-state index contributed by atoms with van der Waals surface area (Å²) >= 11 is 0. The van der Waals surface area contributed by atoms with Crippen LogP contribution in [0.3, 0.4) is 0 Å². The van der Waals surface area contributed by atoms with Crippen molar-refractivity contribution in [2.24, 2.45) is 0 Å². The highest BCUT2D eigenvalue weighted by Gasteiger charge is 2.35. The second-order valence-electron chi connectivity index (χ2n) is 7.50. The molecule has 9 nitrogen and oxygen atoms in total. The smallest absolute Gasteiger partial charge is 0.278 e. The number of carbonyl (C=O) groups excluding carboxylic acids is 3. The Labute approximate surface area is 180 Å². The third kappa shape index (κ3) is 4.35. The van der Waals surface area contributed by atoms with Crippen LogP contribution >= 0.6 is 0 Å². The first-order chi connectivity index (χ1) is 15.1. The molecule has 1 aromatic heterocycles. The van der Waals surface area contributed by atoms with Gasteiger partial charge in [-0.15, -0.1) is 0 Å². The van der Waals surface area contributed by atoms with Gasteiger partial charge in [-0.25, -0.2) is 9.97 Å². The van der Waals surface area contributed by atoms with E-state index in [1.54, 1.807) is 29.2 Å². The number of piperidine rings is 1. The quantitative estimate of drug-likeness (QED) is 0.626. The van der Waals surface area contributed by atoms with Crippen LogP contribution in [0.15, 0.2) is 36.7 Å². The van der Waals surface area contributed by atoms with Gasteiger partial charge >= 0.3 is 0 Å². The van der Waals surface area contributed by atoms with Crippen LogP contribution in [0.4, 0.5) is 0 Å². The number of methoxy groups -OCH3 is 1. The van der Waals surface area contributed by atoms with Gasteiger partial charge in [0.25, 0.3) is 23.6 Å². The summed E-state index contributed by atoms with van der Waals surface area (Å²) in [7, 11) is 1.50. The van der Waals surface area contributed by atoms with Gasteiger partial charge in [0.05, 0.1) is 24.8 Å². The van der Waals surface area contributed by atoms with Crippen LogP contribution in [0, 0.1) is 0 Å². The molecule has 2 aliphatic rings. The normalized spacial score (nSPS) is 18.2. The fourth-order valence-electron chi connectivity index (χ4n) is 3.94. The second kappa shape index (κ2) is 9.11. The summed E-state index contributed by atoms with van der Waals surface area (Å²) < 4.78 is 11.1. The molecule has 3 heterocycles. The number of hydrogen-bond donors (Lipinski definition) is 0. The number of fused-ring (bicyclic) bond motifs is 1. The Bertz CT molecular complexity index is 960. The third-order valence-electron chi connectivity index (χ3n) is 5.49. The van der Waals surface area contributed by atoms with Crippen molar-refractivity contribution in [1.82, 2.24) is 19.8 Å². The van der Waals surface area contributed by atoms with Crippen molar-refractivity contribution in [3.8, 4) is 11.8 Å². The van der Waals surface area contributed by atoms with E-state index in [1.807, 2.05) is 0 Å². The summed E-state index contributed by atoms with van der Waals surface area (Å²) in [5.74, 6) is 0.0210. The van der Waals surface area contributed by atoms with E-state index in [0.717, 1.165) is 12.8 Å². The molecule has 0 radical (unpaired) electrons. The van der Waals surface area contributed by atoms with Gasteiger partial charge in [-0.1, -0.05) is 12.1 Å². The van der Waals surface area contributed by atoms with Crippen LogP contribution in [-0.4, -0.2) is 70.3 Å². The Balaban J connectivity index is 1.28. The molecule has 1 unspecified atom stereocenters. The Kier molecular flexibility index (Phi) is 6.11. The summed E-state index contributed by atoms with van der Waals surface area (Å²) in [6, 6.07) is 6.78. The van der Waals surface area contributed by atoms with Gasteiger partial charge in [-0.2, -0.15) is 0 Å². The van der Waals surface area contributed by atoms with Crippen LogP contribution in [-0.2, 0) is 4.79 Å². The second-order valence-corrected chi connectivity index (χ2v) is 7.50. The summed E-state index contributed by atoms with van der Waals surface area (Å²) in [6.45, 7) is 1.33. The summed E-state index contributed by atoms with van der Waals surface area (Å²) in [5.41, 5.74) is 0.851. The van der Waals surface area contributed by atoms with Gasteiger partial charge in [-0.3, -0.25) is 19.3 Å². The lowest BCUT2D eigenvalue weighted by atomic mass is 10.1. The molecule has 1 atom stereocenters. The van der Waals surface area contributed by atoms with Crippen molar-refractivity contribution >= 4 is 17.7 Å². The lowest BCUT2D eigenvalue weighted by Gasteiger charge is -2.32. The molecule has 2 aliphatic heterocycles. The van der Waals surface area contributed by atoms with Crippen LogP contribution in [0.5, 0.6) is 11.8 Å². The van der Waals surface area contributed by atoms with E-state index in [1.165, 1.54) is 24.4 Å². The molecule has 0 aliphatic carbocycles. The number of carbonyl (C=O) groups is 3. The van der Waals surface area contributed by atoms with Crippen molar-refractivity contribution in [3.05, 3.63) is 47.8 Å². The maximum atomic E-state index is 12.7. The minimum atomic E-state index is -0.294. The number of hydrogen-bond acceptors (Lipinski definition) is 7. The topological polar surface area (TPSA) is 102 Å². The highest BCUT2D eigenvalue weighted by atomic mass is 16.5. The minimum Gasteiger partial charge on any atom is -0.477 e. The molecular weight excluding hydrogens is 400 g/mol. The van der Waals surface area contributed by atoms with E-state index >= 15 is 0 Å². The minimum absolute atomic E-state index is 0.0176. The number of ether oxygens (including phenoxy) is 2. The molecule has 1 aromatic carbocycles. The molecule has 162 valence electrons. The monoisotopic (exact) mass is 424 g/mol. The highest BCUT2D eigenvalue weighted by Crippen LogP contribution is 2.25. The molecule has 1 saturated heterocycles. The van der Waals surface area contributed by atoms with Crippen molar-refractivity contribution < 1.29 is 23.9 Å². The third-order valence-corrected chi connectivity index (χ3v) is 5.49. The molecule has 9 heteroatoms. The van der Waals surface area contributed by atoms with E-state index in [4.69, 9.17) is 9.47 Å². The van der Waals surface area contributed by atoms with E-state index < -0.39 is 0 Å². The van der Waals surface area contributed by atoms with Gasteiger partial charge in [0.1, 0.15) is 6.10 Å². The fraction of sp³-hybridized carbons (Fsp3) is 0.409. The SMILES string of the molecule is COc1nccnc1OC1CCCN(C(=O)CCCN2C(=O)c3ccccc3C2=O)C1. The average molecular weight is 424 g/mol. The highest BCUT2D eigenvalue weighted by molar-refractivity contribution is 6.21. The first-order valence-electron chi connectivity index (χ1n) is 10.3. The molecule has 3 amide bonds. The number of likely N-dealkylation sites (tertiary alicyclic amines) is 1. The Morgan fingerprint density at radius 1 is 1.10 bits per heavy atom. The van der Waals surface area contributed by atoms with Crippen LogP contribution in [0.1, 0.15) is 46.4 Å². The molecule has 0 spiro atoms.